The fourth-order valence-electron chi connectivity index (χ4n) is 1.95. The molecule has 2 aromatic carbocycles. The number of hydrogen-bond acceptors (Lipinski definition) is 5. The van der Waals surface area contributed by atoms with E-state index in [2.05, 4.69) is 10.6 Å². The first-order valence-corrected chi connectivity index (χ1v) is 7.73. The van der Waals surface area contributed by atoms with E-state index in [1.54, 1.807) is 19.1 Å². The van der Waals surface area contributed by atoms with Crippen molar-refractivity contribution in [3.63, 3.8) is 0 Å². The number of benzene rings is 2. The number of amides is 2. The van der Waals surface area contributed by atoms with Crippen molar-refractivity contribution in [2.24, 2.45) is 0 Å². The van der Waals surface area contributed by atoms with Gasteiger partial charge in [0.25, 0.3) is 0 Å². The molecule has 7 nitrogen and oxygen atoms in total. The second-order valence-electron chi connectivity index (χ2n) is 4.91. The Balaban J connectivity index is 2.10. The minimum Gasteiger partial charge on any atom is -0.462 e. The van der Waals surface area contributed by atoms with Crippen LogP contribution in [-0.2, 0) is 14.3 Å². The first-order chi connectivity index (χ1) is 11.9. The van der Waals surface area contributed by atoms with Gasteiger partial charge in [0.15, 0.2) is 0 Å². The topological polar surface area (TPSA) is 111 Å². The van der Waals surface area contributed by atoms with Crippen LogP contribution in [0.25, 0.3) is 0 Å². The number of esters is 1. The van der Waals surface area contributed by atoms with Crippen LogP contribution >= 0.6 is 11.6 Å². The minimum absolute atomic E-state index is 0.154. The molecular weight excluding hydrogens is 346 g/mol. The van der Waals surface area contributed by atoms with E-state index in [4.69, 9.17) is 22.1 Å². The number of hydrogen-bond donors (Lipinski definition) is 3. The Morgan fingerprint density at radius 1 is 1.08 bits per heavy atom. The van der Waals surface area contributed by atoms with E-state index in [1.807, 2.05) is 0 Å². The van der Waals surface area contributed by atoms with Crippen molar-refractivity contribution in [3.05, 3.63) is 53.1 Å². The summed E-state index contributed by atoms with van der Waals surface area (Å²) in [6.45, 7) is 1.86. The highest BCUT2D eigenvalue weighted by molar-refractivity contribution is 6.44. The number of carbonyl (C=O) groups excluding carboxylic acids is 3. The van der Waals surface area contributed by atoms with Gasteiger partial charge < -0.3 is 21.1 Å². The van der Waals surface area contributed by atoms with E-state index in [0.29, 0.717) is 11.4 Å². The number of rotatable bonds is 4. The first kappa shape index (κ1) is 18.3. The van der Waals surface area contributed by atoms with Crippen molar-refractivity contribution in [1.29, 1.82) is 0 Å². The molecule has 0 aromatic heterocycles. The van der Waals surface area contributed by atoms with Gasteiger partial charge in [-0.05, 0) is 37.3 Å². The number of carbonyl (C=O) groups is 3. The fourth-order valence-corrected chi connectivity index (χ4v) is 2.13. The summed E-state index contributed by atoms with van der Waals surface area (Å²) in [6, 6.07) is 10.7. The number of nitrogens with one attached hydrogen (secondary N) is 2. The summed E-state index contributed by atoms with van der Waals surface area (Å²) in [5.74, 6) is -2.45. The van der Waals surface area contributed by atoms with Gasteiger partial charge in [0.1, 0.15) is 0 Å². The Morgan fingerprint density at radius 3 is 2.44 bits per heavy atom. The number of para-hydroxylation sites is 1. The summed E-state index contributed by atoms with van der Waals surface area (Å²) >= 11 is 5.86. The standard InChI is InChI=1S/C17H16ClN3O4/c1-2-25-17(24)11-5-3-4-6-14(11)21-16(23)15(22)20-10-7-8-13(19)12(18)9-10/h3-9H,2,19H2,1H3,(H,20,22)(H,21,23). The van der Waals surface area contributed by atoms with Crippen LogP contribution < -0.4 is 16.4 Å². The number of anilines is 3. The van der Waals surface area contributed by atoms with Gasteiger partial charge in [0, 0.05) is 5.69 Å². The van der Waals surface area contributed by atoms with Crippen molar-refractivity contribution in [2.75, 3.05) is 23.0 Å². The second kappa shape index (κ2) is 8.16. The van der Waals surface area contributed by atoms with Crippen molar-refractivity contribution in [3.8, 4) is 0 Å². The van der Waals surface area contributed by atoms with E-state index in [9.17, 15) is 14.4 Å². The van der Waals surface area contributed by atoms with Gasteiger partial charge in [-0.15, -0.1) is 0 Å². The smallest absolute Gasteiger partial charge is 0.340 e. The van der Waals surface area contributed by atoms with Gasteiger partial charge in [-0.25, -0.2) is 4.79 Å². The summed E-state index contributed by atoms with van der Waals surface area (Å²) in [7, 11) is 0. The Labute approximate surface area is 149 Å². The number of nitrogens with two attached hydrogens (primary N) is 1. The molecule has 0 saturated heterocycles. The summed E-state index contributed by atoms with van der Waals surface area (Å²) in [5, 5.41) is 5.04. The summed E-state index contributed by atoms with van der Waals surface area (Å²) in [5.41, 5.74) is 6.59. The zero-order valence-corrected chi connectivity index (χ0v) is 14.1. The second-order valence-corrected chi connectivity index (χ2v) is 5.32. The molecule has 4 N–H and O–H groups in total. The molecule has 0 fully saturated rings. The van der Waals surface area contributed by atoms with Crippen LogP contribution in [0.5, 0.6) is 0 Å². The van der Waals surface area contributed by atoms with Crippen LogP contribution in [-0.4, -0.2) is 24.4 Å². The van der Waals surface area contributed by atoms with E-state index < -0.39 is 17.8 Å². The van der Waals surface area contributed by atoms with Gasteiger partial charge in [-0.2, -0.15) is 0 Å². The van der Waals surface area contributed by atoms with Crippen molar-refractivity contribution in [1.82, 2.24) is 0 Å². The van der Waals surface area contributed by atoms with Gasteiger partial charge in [-0.3, -0.25) is 9.59 Å². The van der Waals surface area contributed by atoms with Crippen LogP contribution in [0.1, 0.15) is 17.3 Å². The van der Waals surface area contributed by atoms with Gasteiger partial charge in [0.2, 0.25) is 0 Å². The normalized spacial score (nSPS) is 10.0. The Morgan fingerprint density at radius 2 is 1.76 bits per heavy atom. The molecule has 0 radical (unpaired) electrons. The fraction of sp³-hybridized carbons (Fsp3) is 0.118. The highest BCUT2D eigenvalue weighted by Crippen LogP contribution is 2.22. The highest BCUT2D eigenvalue weighted by Gasteiger charge is 2.18. The van der Waals surface area contributed by atoms with Crippen molar-refractivity contribution in [2.45, 2.75) is 6.92 Å². The Bertz CT molecular complexity index is 823. The average molecular weight is 362 g/mol. The lowest BCUT2D eigenvalue weighted by atomic mass is 10.2. The predicted molar refractivity (Wildman–Crippen MR) is 95.5 cm³/mol. The molecule has 2 amide bonds. The number of nitrogen functional groups attached to an aromatic ring is 1. The van der Waals surface area contributed by atoms with Crippen LogP contribution in [0.4, 0.5) is 17.1 Å². The highest BCUT2D eigenvalue weighted by atomic mass is 35.5. The largest absolute Gasteiger partial charge is 0.462 e. The van der Waals surface area contributed by atoms with Crippen LogP contribution in [0, 0.1) is 0 Å². The van der Waals surface area contributed by atoms with Gasteiger partial charge in [-0.1, -0.05) is 23.7 Å². The summed E-state index contributed by atoms with van der Waals surface area (Å²) in [4.78, 5) is 36.0. The zero-order chi connectivity index (χ0) is 18.4. The third-order valence-corrected chi connectivity index (χ3v) is 3.46. The molecule has 130 valence electrons. The quantitative estimate of drug-likeness (QED) is 0.440. The average Bonchev–Trinajstić information content (AvgIpc) is 2.58. The number of ether oxygens (including phenoxy) is 1. The SMILES string of the molecule is CCOC(=O)c1ccccc1NC(=O)C(=O)Nc1ccc(N)c(Cl)c1. The molecule has 0 saturated carbocycles. The molecule has 0 aliphatic rings. The summed E-state index contributed by atoms with van der Waals surface area (Å²) in [6.07, 6.45) is 0. The van der Waals surface area contributed by atoms with Crippen molar-refractivity contribution >= 4 is 46.4 Å². The van der Waals surface area contributed by atoms with Crippen LogP contribution in [0.3, 0.4) is 0 Å². The molecule has 2 rings (SSSR count). The predicted octanol–water partition coefficient (Wildman–Crippen LogP) is 2.68. The zero-order valence-electron chi connectivity index (χ0n) is 13.3. The maximum absolute atomic E-state index is 12.1. The molecular formula is C17H16ClN3O4. The Hall–Kier alpha value is -3.06. The maximum Gasteiger partial charge on any atom is 0.340 e. The van der Waals surface area contributed by atoms with Gasteiger partial charge >= 0.3 is 17.8 Å². The molecule has 0 heterocycles. The van der Waals surface area contributed by atoms with E-state index in [-0.39, 0.29) is 22.9 Å². The maximum atomic E-state index is 12.1. The van der Waals surface area contributed by atoms with Crippen LogP contribution in [0.2, 0.25) is 5.02 Å². The molecule has 2 aromatic rings. The molecule has 0 atom stereocenters. The Kier molecular flexibility index (Phi) is 5.97. The molecule has 25 heavy (non-hydrogen) atoms. The molecule has 0 bridgehead atoms. The van der Waals surface area contributed by atoms with Gasteiger partial charge in [0.05, 0.1) is 28.6 Å². The van der Waals surface area contributed by atoms with E-state index >= 15 is 0 Å². The number of halogens is 1. The molecule has 0 aliphatic heterocycles. The first-order valence-electron chi connectivity index (χ1n) is 7.36. The van der Waals surface area contributed by atoms with E-state index in [0.717, 1.165) is 0 Å². The monoisotopic (exact) mass is 361 g/mol. The third-order valence-electron chi connectivity index (χ3n) is 3.14. The van der Waals surface area contributed by atoms with E-state index in [1.165, 1.54) is 30.3 Å². The summed E-state index contributed by atoms with van der Waals surface area (Å²) < 4.78 is 4.91. The third kappa shape index (κ3) is 4.71. The molecule has 0 aliphatic carbocycles. The molecule has 0 spiro atoms. The molecule has 8 heteroatoms. The lowest BCUT2D eigenvalue weighted by Gasteiger charge is -2.10. The lowest BCUT2D eigenvalue weighted by Crippen LogP contribution is -2.29. The molecule has 0 unspecified atom stereocenters. The lowest BCUT2D eigenvalue weighted by molar-refractivity contribution is -0.133. The van der Waals surface area contributed by atoms with Crippen LogP contribution in [0.15, 0.2) is 42.5 Å². The minimum atomic E-state index is -0.940. The van der Waals surface area contributed by atoms with Crippen molar-refractivity contribution < 1.29 is 19.1 Å².